The third-order valence-electron chi connectivity index (χ3n) is 7.52. The summed E-state index contributed by atoms with van der Waals surface area (Å²) in [6.45, 7) is 11.8. The van der Waals surface area contributed by atoms with E-state index in [0.29, 0.717) is 5.92 Å². The number of unbranched alkanes of at least 4 members (excludes halogenated alkanes) is 5. The first-order chi connectivity index (χ1) is 15.9. The van der Waals surface area contributed by atoms with Crippen molar-refractivity contribution < 1.29 is 4.74 Å². The minimum absolute atomic E-state index is 0.103. The van der Waals surface area contributed by atoms with E-state index in [-0.39, 0.29) is 11.5 Å². The molecule has 1 aliphatic rings. The topological polar surface area (TPSA) is 9.23 Å². The zero-order valence-corrected chi connectivity index (χ0v) is 21.8. The van der Waals surface area contributed by atoms with E-state index < -0.39 is 5.60 Å². The standard InChI is InChI=1S/C32H46O/c1-6-7-8-9-10-17-25-30(31(3,4)5)32(27-20-13-11-14-21-27,28-22-15-12-16-23-28)33-29-24-18-19-26(29)2/h11-16,19-23,29-30H,6-10,17-18,24-25H2,1-5H3. The number of hydrogen-bond donors (Lipinski definition) is 0. The molecule has 180 valence electrons. The van der Waals surface area contributed by atoms with Crippen LogP contribution in [0.5, 0.6) is 0 Å². The molecule has 2 unspecified atom stereocenters. The van der Waals surface area contributed by atoms with Crippen LogP contribution >= 0.6 is 0 Å². The number of rotatable bonds is 12. The minimum Gasteiger partial charge on any atom is -0.358 e. The van der Waals surface area contributed by atoms with Crippen molar-refractivity contribution in [1.29, 1.82) is 0 Å². The van der Waals surface area contributed by atoms with Gasteiger partial charge in [-0.2, -0.15) is 0 Å². The van der Waals surface area contributed by atoms with Gasteiger partial charge in [-0.3, -0.25) is 0 Å². The zero-order chi connectivity index (χ0) is 23.7. The van der Waals surface area contributed by atoms with Crippen LogP contribution < -0.4 is 0 Å². The van der Waals surface area contributed by atoms with Gasteiger partial charge in [-0.1, -0.05) is 133 Å². The number of allylic oxidation sites excluding steroid dienone is 1. The molecule has 1 nitrogen and oxygen atoms in total. The molecule has 0 fully saturated rings. The summed E-state index contributed by atoms with van der Waals surface area (Å²) in [6.07, 6.45) is 13.9. The van der Waals surface area contributed by atoms with Crippen LogP contribution in [-0.2, 0) is 10.3 Å². The van der Waals surface area contributed by atoms with Crippen molar-refractivity contribution in [3.8, 4) is 0 Å². The lowest BCUT2D eigenvalue weighted by molar-refractivity contribution is -0.124. The van der Waals surface area contributed by atoms with Gasteiger partial charge in [0.2, 0.25) is 0 Å². The van der Waals surface area contributed by atoms with Crippen LogP contribution in [-0.4, -0.2) is 6.10 Å². The second-order valence-corrected chi connectivity index (χ2v) is 11.1. The van der Waals surface area contributed by atoms with Crippen LogP contribution in [0.3, 0.4) is 0 Å². The molecule has 0 N–H and O–H groups in total. The van der Waals surface area contributed by atoms with Crippen LogP contribution in [0.1, 0.15) is 104 Å². The predicted molar refractivity (Wildman–Crippen MR) is 142 cm³/mol. The van der Waals surface area contributed by atoms with E-state index in [9.17, 15) is 0 Å². The summed E-state index contributed by atoms with van der Waals surface area (Å²) in [5, 5.41) is 0. The van der Waals surface area contributed by atoms with Crippen molar-refractivity contribution in [3.63, 3.8) is 0 Å². The second kappa shape index (κ2) is 12.0. The largest absolute Gasteiger partial charge is 0.358 e. The second-order valence-electron chi connectivity index (χ2n) is 11.1. The van der Waals surface area contributed by atoms with Crippen molar-refractivity contribution in [2.45, 2.75) is 104 Å². The fourth-order valence-corrected chi connectivity index (χ4v) is 5.73. The van der Waals surface area contributed by atoms with Gasteiger partial charge >= 0.3 is 0 Å². The Hall–Kier alpha value is -1.86. The Balaban J connectivity index is 2.06. The lowest BCUT2D eigenvalue weighted by Crippen LogP contribution is -2.47. The lowest BCUT2D eigenvalue weighted by atomic mass is 9.63. The van der Waals surface area contributed by atoms with Gasteiger partial charge < -0.3 is 4.74 Å². The summed E-state index contributed by atoms with van der Waals surface area (Å²) >= 11 is 0. The Morgan fingerprint density at radius 2 is 1.36 bits per heavy atom. The van der Waals surface area contributed by atoms with Crippen LogP contribution in [0.4, 0.5) is 0 Å². The molecule has 2 aromatic carbocycles. The third kappa shape index (κ3) is 6.38. The summed E-state index contributed by atoms with van der Waals surface area (Å²) < 4.78 is 7.40. The summed E-state index contributed by atoms with van der Waals surface area (Å²) in [5.41, 5.74) is 3.61. The highest BCUT2D eigenvalue weighted by atomic mass is 16.5. The summed E-state index contributed by atoms with van der Waals surface area (Å²) in [7, 11) is 0. The highest BCUT2D eigenvalue weighted by Gasteiger charge is 2.49. The van der Waals surface area contributed by atoms with Gasteiger partial charge in [-0.05, 0) is 48.3 Å². The molecule has 0 aliphatic heterocycles. The molecule has 0 bridgehead atoms. The zero-order valence-electron chi connectivity index (χ0n) is 21.8. The normalized spacial score (nSPS) is 17.7. The third-order valence-corrected chi connectivity index (χ3v) is 7.52. The number of benzene rings is 2. The highest BCUT2D eigenvalue weighted by molar-refractivity contribution is 5.39. The average molecular weight is 447 g/mol. The van der Waals surface area contributed by atoms with Gasteiger partial charge in [-0.25, -0.2) is 0 Å². The minimum atomic E-state index is -0.464. The summed E-state index contributed by atoms with van der Waals surface area (Å²) in [4.78, 5) is 0. The Morgan fingerprint density at radius 3 is 1.85 bits per heavy atom. The molecule has 0 heterocycles. The average Bonchev–Trinajstić information content (AvgIpc) is 3.22. The van der Waals surface area contributed by atoms with Crippen LogP contribution in [0, 0.1) is 11.3 Å². The number of hydrogen-bond acceptors (Lipinski definition) is 1. The molecule has 0 saturated heterocycles. The van der Waals surface area contributed by atoms with Crippen molar-refractivity contribution in [3.05, 3.63) is 83.4 Å². The molecule has 33 heavy (non-hydrogen) atoms. The first-order valence-electron chi connectivity index (χ1n) is 13.3. The Kier molecular flexibility index (Phi) is 9.38. The van der Waals surface area contributed by atoms with Crippen molar-refractivity contribution in [2.75, 3.05) is 0 Å². The van der Waals surface area contributed by atoms with Crippen LogP contribution in [0.25, 0.3) is 0 Å². The molecule has 1 heteroatoms. The van der Waals surface area contributed by atoms with Gasteiger partial charge in [0, 0.05) is 5.92 Å². The molecule has 1 aliphatic carbocycles. The van der Waals surface area contributed by atoms with Gasteiger partial charge in [0.15, 0.2) is 0 Å². The Bertz CT molecular complexity index is 804. The first-order valence-corrected chi connectivity index (χ1v) is 13.3. The molecule has 0 radical (unpaired) electrons. The van der Waals surface area contributed by atoms with E-state index in [2.05, 4.69) is 101 Å². The smallest absolute Gasteiger partial charge is 0.122 e. The van der Waals surface area contributed by atoms with Crippen LogP contribution in [0.2, 0.25) is 0 Å². The van der Waals surface area contributed by atoms with E-state index in [1.54, 1.807) is 0 Å². The molecule has 2 atom stereocenters. The monoisotopic (exact) mass is 446 g/mol. The molecule has 0 aromatic heterocycles. The van der Waals surface area contributed by atoms with E-state index in [1.807, 2.05) is 0 Å². The van der Waals surface area contributed by atoms with E-state index >= 15 is 0 Å². The van der Waals surface area contributed by atoms with Crippen molar-refractivity contribution in [1.82, 2.24) is 0 Å². The maximum absolute atomic E-state index is 7.40. The molecule has 0 spiro atoms. The molecule has 3 rings (SSSR count). The van der Waals surface area contributed by atoms with Gasteiger partial charge in [-0.15, -0.1) is 0 Å². The van der Waals surface area contributed by atoms with Crippen molar-refractivity contribution >= 4 is 0 Å². The highest BCUT2D eigenvalue weighted by Crippen LogP contribution is 2.52. The fraction of sp³-hybridized carbons (Fsp3) is 0.562. The van der Waals surface area contributed by atoms with E-state index in [1.165, 1.54) is 61.6 Å². The van der Waals surface area contributed by atoms with Gasteiger partial charge in [0.25, 0.3) is 0 Å². The quantitative estimate of drug-likeness (QED) is 0.233. The Morgan fingerprint density at radius 1 is 0.818 bits per heavy atom. The van der Waals surface area contributed by atoms with Gasteiger partial charge in [0.1, 0.15) is 5.60 Å². The summed E-state index contributed by atoms with van der Waals surface area (Å²) in [6, 6.07) is 22.1. The van der Waals surface area contributed by atoms with Gasteiger partial charge in [0.05, 0.1) is 6.10 Å². The van der Waals surface area contributed by atoms with E-state index in [0.717, 1.165) is 12.8 Å². The molecule has 2 aromatic rings. The maximum Gasteiger partial charge on any atom is 0.122 e. The number of ether oxygens (including phenoxy) is 1. The lowest BCUT2D eigenvalue weighted by Gasteiger charge is -2.49. The summed E-state index contributed by atoms with van der Waals surface area (Å²) in [5.74, 6) is 0.370. The predicted octanol–water partition coefficient (Wildman–Crippen LogP) is 9.47. The SMILES string of the molecule is CCCCCCCCC(C(C)(C)C)C(OC1CCC=C1C)(c1ccccc1)c1ccccc1. The first kappa shape index (κ1) is 25.8. The molecule has 0 amide bonds. The van der Waals surface area contributed by atoms with E-state index in [4.69, 9.17) is 4.74 Å². The maximum atomic E-state index is 7.40. The van der Waals surface area contributed by atoms with Crippen molar-refractivity contribution in [2.24, 2.45) is 11.3 Å². The Labute approximate surface area is 203 Å². The fourth-order valence-electron chi connectivity index (χ4n) is 5.73. The molecular formula is C32H46O. The van der Waals surface area contributed by atoms with Crippen LogP contribution in [0.15, 0.2) is 72.3 Å². The molecule has 0 saturated carbocycles. The molecular weight excluding hydrogens is 400 g/mol.